The summed E-state index contributed by atoms with van der Waals surface area (Å²) in [6, 6.07) is 13.2. The predicted octanol–water partition coefficient (Wildman–Crippen LogP) is 6.57. The first-order valence-electron chi connectivity index (χ1n) is 16.5. The molecule has 0 saturated heterocycles. The topological polar surface area (TPSA) is 108 Å². The first-order valence-corrected chi connectivity index (χ1v) is 18.0. The van der Waals surface area contributed by atoms with Crippen molar-refractivity contribution in [1.29, 1.82) is 0 Å². The lowest BCUT2D eigenvalue weighted by molar-refractivity contribution is -0.137. The molecule has 9 nitrogen and oxygen atoms in total. The van der Waals surface area contributed by atoms with Crippen LogP contribution in [0.25, 0.3) is 0 Å². The summed E-state index contributed by atoms with van der Waals surface area (Å²) in [6.07, 6.45) is -2.91. The molecule has 2 N–H and O–H groups in total. The van der Waals surface area contributed by atoms with E-state index in [4.69, 9.17) is 9.47 Å². The van der Waals surface area contributed by atoms with E-state index in [1.165, 1.54) is 35.2 Å². The van der Waals surface area contributed by atoms with E-state index < -0.39 is 39.5 Å². The maximum Gasteiger partial charge on any atom is 0.416 e. The Balaban J connectivity index is 1.61. The lowest BCUT2D eigenvalue weighted by Crippen LogP contribution is -2.47. The molecule has 274 valence electrons. The number of rotatable bonds is 9. The maximum absolute atomic E-state index is 14.3. The molecule has 14 heteroatoms. The number of hydrogen-bond donors (Lipinski definition) is 2. The maximum atomic E-state index is 14.3. The van der Waals surface area contributed by atoms with Gasteiger partial charge < -0.3 is 19.5 Å². The normalized spacial score (nSPS) is 20.5. The summed E-state index contributed by atoms with van der Waals surface area (Å²) in [5.74, 6) is -1.07. The van der Waals surface area contributed by atoms with Gasteiger partial charge in [-0.05, 0) is 100 Å². The van der Waals surface area contributed by atoms with Crippen LogP contribution in [0.4, 0.5) is 23.2 Å². The van der Waals surface area contributed by atoms with Gasteiger partial charge in [0, 0.05) is 37.8 Å². The van der Waals surface area contributed by atoms with E-state index in [9.17, 15) is 35.9 Å². The second-order valence-corrected chi connectivity index (χ2v) is 14.6. The van der Waals surface area contributed by atoms with Gasteiger partial charge in [-0.25, -0.2) is 12.8 Å². The summed E-state index contributed by atoms with van der Waals surface area (Å²) in [7, 11) is -2.27. The minimum absolute atomic E-state index is 0.0922. The SMILES string of the molecule is C[C@H](CO)N1C[C@H](C)[C@@H](CN(C)Cc2ccc(C(F)(F)F)cc2)OCCCC[C@H](C)Oc2ccc(NS(=O)(=O)c3ccc(F)cc3)cc2C1=O. The number of hydrogen-bond acceptors (Lipinski definition) is 7. The number of halogens is 4. The summed E-state index contributed by atoms with van der Waals surface area (Å²) >= 11 is 0. The van der Waals surface area contributed by atoms with Crippen molar-refractivity contribution >= 4 is 21.6 Å². The number of anilines is 1. The van der Waals surface area contributed by atoms with Gasteiger partial charge in [0.15, 0.2) is 0 Å². The molecule has 1 aliphatic rings. The molecule has 0 aliphatic carbocycles. The Bertz CT molecular complexity index is 1670. The van der Waals surface area contributed by atoms with Crippen LogP contribution in [0, 0.1) is 11.7 Å². The number of aliphatic hydroxyl groups is 1. The van der Waals surface area contributed by atoms with Gasteiger partial charge in [-0.2, -0.15) is 13.2 Å². The van der Waals surface area contributed by atoms with Crippen molar-refractivity contribution in [3.8, 4) is 5.75 Å². The molecule has 0 bridgehead atoms. The van der Waals surface area contributed by atoms with Crippen molar-refractivity contribution in [3.63, 3.8) is 0 Å². The first-order chi connectivity index (χ1) is 23.6. The second-order valence-electron chi connectivity index (χ2n) is 13.0. The molecular formula is C36H45F4N3O6S. The summed E-state index contributed by atoms with van der Waals surface area (Å²) in [4.78, 5) is 17.6. The van der Waals surface area contributed by atoms with Crippen LogP contribution in [0.15, 0.2) is 71.6 Å². The number of likely N-dealkylation sites (N-methyl/N-ethyl adjacent to an activating group) is 1. The van der Waals surface area contributed by atoms with E-state index in [1.807, 2.05) is 25.8 Å². The monoisotopic (exact) mass is 723 g/mol. The average molecular weight is 724 g/mol. The zero-order valence-electron chi connectivity index (χ0n) is 28.6. The number of alkyl halides is 3. The Morgan fingerprint density at radius 2 is 1.72 bits per heavy atom. The number of amides is 1. The minimum Gasteiger partial charge on any atom is -0.490 e. The highest BCUT2D eigenvalue weighted by molar-refractivity contribution is 7.92. The van der Waals surface area contributed by atoms with Gasteiger partial charge in [-0.1, -0.05) is 19.1 Å². The van der Waals surface area contributed by atoms with Crippen LogP contribution in [-0.2, 0) is 27.5 Å². The average Bonchev–Trinajstić information content (AvgIpc) is 3.06. The van der Waals surface area contributed by atoms with Gasteiger partial charge in [-0.3, -0.25) is 14.4 Å². The van der Waals surface area contributed by atoms with Gasteiger partial charge in [-0.15, -0.1) is 0 Å². The lowest BCUT2D eigenvalue weighted by Gasteiger charge is -2.36. The van der Waals surface area contributed by atoms with Crippen molar-refractivity contribution < 1.29 is 45.4 Å². The van der Waals surface area contributed by atoms with Crippen LogP contribution >= 0.6 is 0 Å². The fraction of sp³-hybridized carbons (Fsp3) is 0.472. The Hall–Kier alpha value is -3.72. The van der Waals surface area contributed by atoms with E-state index in [0.29, 0.717) is 31.7 Å². The van der Waals surface area contributed by atoms with Gasteiger partial charge in [0.05, 0.1) is 40.9 Å². The van der Waals surface area contributed by atoms with E-state index in [2.05, 4.69) is 4.72 Å². The predicted molar refractivity (Wildman–Crippen MR) is 182 cm³/mol. The first kappa shape index (κ1) is 39.1. The molecule has 0 spiro atoms. The zero-order chi connectivity index (χ0) is 36.6. The van der Waals surface area contributed by atoms with Crippen molar-refractivity contribution in [2.45, 2.75) is 75.9 Å². The molecule has 3 aromatic carbocycles. The number of aliphatic hydroxyl groups excluding tert-OH is 1. The number of sulfonamides is 1. The number of nitrogens with one attached hydrogen (secondary N) is 1. The molecule has 0 unspecified atom stereocenters. The number of ether oxygens (including phenoxy) is 2. The highest BCUT2D eigenvalue weighted by atomic mass is 32.2. The van der Waals surface area contributed by atoms with Crippen LogP contribution in [0.3, 0.4) is 0 Å². The highest BCUT2D eigenvalue weighted by Gasteiger charge is 2.32. The Morgan fingerprint density at radius 3 is 2.36 bits per heavy atom. The zero-order valence-corrected chi connectivity index (χ0v) is 29.4. The Labute approximate surface area is 291 Å². The third-order valence-corrected chi connectivity index (χ3v) is 10.1. The quantitative estimate of drug-likeness (QED) is 0.241. The molecule has 0 aromatic heterocycles. The van der Waals surface area contributed by atoms with Gasteiger partial charge >= 0.3 is 6.18 Å². The van der Waals surface area contributed by atoms with Gasteiger partial charge in [0.25, 0.3) is 15.9 Å². The van der Waals surface area contributed by atoms with E-state index in [-0.39, 0.29) is 53.2 Å². The highest BCUT2D eigenvalue weighted by Crippen LogP contribution is 2.31. The number of fused-ring (bicyclic) bond motifs is 1. The van der Waals surface area contributed by atoms with Crippen molar-refractivity contribution in [2.75, 3.05) is 38.1 Å². The van der Waals surface area contributed by atoms with Crippen LogP contribution in [0.1, 0.15) is 61.5 Å². The van der Waals surface area contributed by atoms with Crippen LogP contribution in [0.2, 0.25) is 0 Å². The lowest BCUT2D eigenvalue weighted by atomic mass is 10.0. The molecule has 0 radical (unpaired) electrons. The number of nitrogens with zero attached hydrogens (tertiary/aromatic N) is 2. The largest absolute Gasteiger partial charge is 0.490 e. The van der Waals surface area contributed by atoms with Crippen molar-refractivity contribution in [3.05, 3.63) is 89.2 Å². The Kier molecular flexibility index (Phi) is 13.3. The van der Waals surface area contributed by atoms with Crippen molar-refractivity contribution in [1.82, 2.24) is 9.80 Å². The van der Waals surface area contributed by atoms with E-state index in [1.54, 1.807) is 6.92 Å². The summed E-state index contributed by atoms with van der Waals surface area (Å²) in [5.41, 5.74) is 0.178. The number of benzene rings is 3. The number of carbonyl (C=O) groups excluding carboxylic acids is 1. The summed E-state index contributed by atoms with van der Waals surface area (Å²) in [5, 5.41) is 10.2. The van der Waals surface area contributed by atoms with Gasteiger partial charge in [0.1, 0.15) is 11.6 Å². The van der Waals surface area contributed by atoms with Crippen LogP contribution in [0.5, 0.6) is 5.75 Å². The molecule has 3 aromatic rings. The molecule has 50 heavy (non-hydrogen) atoms. The molecule has 1 heterocycles. The second kappa shape index (κ2) is 17.0. The Morgan fingerprint density at radius 1 is 1.04 bits per heavy atom. The van der Waals surface area contributed by atoms with Gasteiger partial charge in [0.2, 0.25) is 0 Å². The third kappa shape index (κ3) is 10.6. The van der Waals surface area contributed by atoms with Crippen molar-refractivity contribution in [2.24, 2.45) is 5.92 Å². The van der Waals surface area contributed by atoms with Crippen LogP contribution in [-0.4, -0.2) is 80.8 Å². The van der Waals surface area contributed by atoms with E-state index >= 15 is 0 Å². The summed E-state index contributed by atoms with van der Waals surface area (Å²) in [6.45, 7) is 6.57. The smallest absolute Gasteiger partial charge is 0.416 e. The van der Waals surface area contributed by atoms with E-state index in [0.717, 1.165) is 49.2 Å². The third-order valence-electron chi connectivity index (χ3n) is 8.65. The molecule has 1 amide bonds. The molecule has 4 atom stereocenters. The fourth-order valence-corrected chi connectivity index (χ4v) is 6.81. The standard InChI is InChI=1S/C36H45F4N3O6S/c1-24-20-43(25(2)23-44)35(45)32-19-30(41-50(46,47)31-15-12-29(37)13-16-31)14-17-33(32)49-26(3)7-5-6-18-48-34(24)22-42(4)21-27-8-10-28(11-9-27)36(38,39)40/h8-17,19,24-26,34,41,44H,5-7,18,20-23H2,1-4H3/t24-,25+,26-,34+/m0/s1. The summed E-state index contributed by atoms with van der Waals surface area (Å²) < 4.78 is 93.8. The molecule has 0 saturated carbocycles. The van der Waals surface area contributed by atoms with Crippen LogP contribution < -0.4 is 9.46 Å². The molecule has 1 aliphatic heterocycles. The molecule has 0 fully saturated rings. The molecule has 4 rings (SSSR count). The fourth-order valence-electron chi connectivity index (χ4n) is 5.76. The molecular weight excluding hydrogens is 678 g/mol. The number of carbonyl (C=O) groups is 1. The minimum atomic E-state index is -4.42.